The van der Waals surface area contributed by atoms with Crippen molar-refractivity contribution in [2.45, 2.75) is 12.2 Å². The third-order valence-corrected chi connectivity index (χ3v) is 2.29. The molecule has 13 heavy (non-hydrogen) atoms. The maximum Gasteiger partial charge on any atom is 1.00 e. The standard InChI is InChI=1S/C6H10O5S.K.H/c1-3-6(7)11-4-5(2)12(8,9)10;;/h3,5H,1,4H2,2H3,(H,8,9,10);;/q;+1;-1. The molecule has 0 fully saturated rings. The molecule has 0 saturated carbocycles. The Bertz CT molecular complexity index is 276. The molecule has 0 aliphatic carbocycles. The van der Waals surface area contributed by atoms with Gasteiger partial charge in [-0.05, 0) is 6.92 Å². The average Bonchev–Trinajstić information content (AvgIpc) is 1.97. The van der Waals surface area contributed by atoms with Crippen molar-refractivity contribution in [3.63, 3.8) is 0 Å². The number of hydrogen-bond acceptors (Lipinski definition) is 4. The number of carbonyl (C=O) groups is 1. The van der Waals surface area contributed by atoms with E-state index in [2.05, 4.69) is 11.3 Å². The Morgan fingerprint density at radius 1 is 1.77 bits per heavy atom. The van der Waals surface area contributed by atoms with Crippen molar-refractivity contribution in [3.8, 4) is 0 Å². The molecule has 0 aromatic heterocycles. The van der Waals surface area contributed by atoms with E-state index in [1.54, 1.807) is 0 Å². The molecule has 5 nitrogen and oxygen atoms in total. The summed E-state index contributed by atoms with van der Waals surface area (Å²) < 4.78 is 33.6. The maximum absolute atomic E-state index is 10.4. The Hall–Kier alpha value is 0.756. The summed E-state index contributed by atoms with van der Waals surface area (Å²) in [4.78, 5) is 10.4. The van der Waals surface area contributed by atoms with Crippen molar-refractivity contribution in [3.05, 3.63) is 12.7 Å². The van der Waals surface area contributed by atoms with Gasteiger partial charge in [0.05, 0.1) is 0 Å². The second-order valence-corrected chi connectivity index (χ2v) is 3.99. The number of carbonyl (C=O) groups excluding carboxylic acids is 1. The minimum Gasteiger partial charge on any atom is -1.00 e. The van der Waals surface area contributed by atoms with Gasteiger partial charge in [-0.25, -0.2) is 4.79 Å². The van der Waals surface area contributed by atoms with Crippen LogP contribution in [0, 0.1) is 0 Å². The fourth-order valence-electron chi connectivity index (χ4n) is 0.344. The molecule has 1 N–H and O–H groups in total. The van der Waals surface area contributed by atoms with Crippen molar-refractivity contribution < 1.29 is 75.3 Å². The van der Waals surface area contributed by atoms with Crippen LogP contribution in [0.4, 0.5) is 0 Å². The van der Waals surface area contributed by atoms with Crippen LogP contribution < -0.4 is 51.4 Å². The predicted octanol–water partition coefficient (Wildman–Crippen LogP) is -2.89. The van der Waals surface area contributed by atoms with E-state index < -0.39 is 21.3 Å². The topological polar surface area (TPSA) is 80.7 Å². The first kappa shape index (κ1) is 16.2. The predicted molar refractivity (Wildman–Crippen MR) is 43.3 cm³/mol. The third kappa shape index (κ3) is 7.80. The fraction of sp³-hybridized carbons (Fsp3) is 0.500. The molecule has 0 aromatic carbocycles. The molecule has 0 radical (unpaired) electrons. The molecule has 0 rings (SSSR count). The van der Waals surface area contributed by atoms with E-state index in [4.69, 9.17) is 4.55 Å². The summed E-state index contributed by atoms with van der Waals surface area (Å²) in [6.07, 6.45) is 0.913. The van der Waals surface area contributed by atoms with Crippen LogP contribution in [0.1, 0.15) is 8.35 Å². The normalized spacial score (nSPS) is 12.5. The summed E-state index contributed by atoms with van der Waals surface area (Å²) in [5.74, 6) is -0.717. The van der Waals surface area contributed by atoms with Gasteiger partial charge in [0.1, 0.15) is 11.9 Å². The van der Waals surface area contributed by atoms with E-state index in [-0.39, 0.29) is 59.4 Å². The first-order valence-corrected chi connectivity index (χ1v) is 4.63. The van der Waals surface area contributed by atoms with Gasteiger partial charge in [0.2, 0.25) is 0 Å². The van der Waals surface area contributed by atoms with Crippen LogP contribution in [-0.2, 0) is 19.6 Å². The quantitative estimate of drug-likeness (QED) is 0.244. The minimum atomic E-state index is -4.12. The van der Waals surface area contributed by atoms with Gasteiger partial charge in [-0.15, -0.1) is 0 Å². The van der Waals surface area contributed by atoms with E-state index >= 15 is 0 Å². The second-order valence-electron chi connectivity index (χ2n) is 2.16. The molecule has 0 spiro atoms. The molecule has 0 heterocycles. The second kappa shape index (κ2) is 7.10. The van der Waals surface area contributed by atoms with E-state index in [1.807, 2.05) is 0 Å². The molecule has 0 aromatic rings. The smallest absolute Gasteiger partial charge is 1.00 e. The van der Waals surface area contributed by atoms with Crippen LogP contribution in [0.3, 0.4) is 0 Å². The van der Waals surface area contributed by atoms with Gasteiger partial charge in [-0.1, -0.05) is 6.58 Å². The van der Waals surface area contributed by atoms with E-state index in [9.17, 15) is 13.2 Å². The van der Waals surface area contributed by atoms with Crippen LogP contribution in [0.25, 0.3) is 0 Å². The largest absolute Gasteiger partial charge is 1.00 e. The van der Waals surface area contributed by atoms with Crippen LogP contribution >= 0.6 is 0 Å². The summed E-state index contributed by atoms with van der Waals surface area (Å²) in [6.45, 7) is 3.97. The van der Waals surface area contributed by atoms with Crippen molar-refractivity contribution in [1.82, 2.24) is 0 Å². The van der Waals surface area contributed by atoms with E-state index in [1.165, 1.54) is 6.92 Å². The van der Waals surface area contributed by atoms with Crippen molar-refractivity contribution in [1.29, 1.82) is 0 Å². The summed E-state index contributed by atoms with van der Waals surface area (Å²) in [6, 6.07) is 0. The number of esters is 1. The van der Waals surface area contributed by atoms with Crippen LogP contribution in [0.5, 0.6) is 0 Å². The molecular formula is C6H11KO5S. The van der Waals surface area contributed by atoms with Crippen LogP contribution in [-0.4, -0.2) is 30.8 Å². The zero-order chi connectivity index (χ0) is 9.78. The van der Waals surface area contributed by atoms with Gasteiger partial charge in [0.15, 0.2) is 0 Å². The molecule has 0 aliphatic heterocycles. The number of rotatable bonds is 4. The first-order chi connectivity index (χ1) is 5.38. The zero-order valence-corrected chi connectivity index (χ0v) is 11.5. The van der Waals surface area contributed by atoms with Crippen molar-refractivity contribution >= 4 is 16.1 Å². The molecule has 0 bridgehead atoms. The Morgan fingerprint density at radius 3 is 2.54 bits per heavy atom. The van der Waals surface area contributed by atoms with Crippen molar-refractivity contribution in [2.75, 3.05) is 6.61 Å². The van der Waals surface area contributed by atoms with Gasteiger partial charge < -0.3 is 6.16 Å². The minimum absolute atomic E-state index is 0. The summed E-state index contributed by atoms with van der Waals surface area (Å²) in [7, 11) is -4.12. The molecule has 0 amide bonds. The summed E-state index contributed by atoms with van der Waals surface area (Å²) in [5, 5.41) is -1.11. The van der Waals surface area contributed by atoms with Gasteiger partial charge in [0, 0.05) is 6.08 Å². The third-order valence-electron chi connectivity index (χ3n) is 1.14. The molecule has 0 aliphatic rings. The van der Waals surface area contributed by atoms with Gasteiger partial charge in [0.25, 0.3) is 10.1 Å². The molecule has 72 valence electrons. The molecule has 0 saturated heterocycles. The number of hydrogen-bond donors (Lipinski definition) is 1. The average molecular weight is 234 g/mol. The Labute approximate surface area is 121 Å². The zero-order valence-electron chi connectivity index (χ0n) is 8.56. The van der Waals surface area contributed by atoms with Gasteiger partial charge >= 0.3 is 57.4 Å². The number of ether oxygens (including phenoxy) is 1. The summed E-state index contributed by atoms with van der Waals surface area (Å²) in [5.41, 5.74) is 0. The summed E-state index contributed by atoms with van der Waals surface area (Å²) >= 11 is 0. The van der Waals surface area contributed by atoms with Crippen molar-refractivity contribution in [2.24, 2.45) is 0 Å². The van der Waals surface area contributed by atoms with Gasteiger partial charge in [-0.2, -0.15) is 8.42 Å². The van der Waals surface area contributed by atoms with E-state index in [0.29, 0.717) is 0 Å². The maximum atomic E-state index is 10.4. The fourth-order valence-corrected chi connectivity index (χ4v) is 0.584. The Balaban J connectivity index is -0.000000605. The molecule has 1 unspecified atom stereocenters. The molecular weight excluding hydrogens is 223 g/mol. The monoisotopic (exact) mass is 234 g/mol. The first-order valence-electron chi connectivity index (χ1n) is 3.13. The molecule has 1 atom stereocenters. The van der Waals surface area contributed by atoms with Crippen LogP contribution in [0.2, 0.25) is 0 Å². The Morgan fingerprint density at radius 2 is 2.23 bits per heavy atom. The van der Waals surface area contributed by atoms with Crippen LogP contribution in [0.15, 0.2) is 12.7 Å². The Kier molecular flexibility index (Phi) is 8.85. The van der Waals surface area contributed by atoms with Gasteiger partial charge in [-0.3, -0.25) is 4.55 Å². The molecule has 7 heteroatoms. The SMILES string of the molecule is C=CC(=O)OCC(C)S(=O)(=O)O.[H-].[K+]. The van der Waals surface area contributed by atoms with E-state index in [0.717, 1.165) is 6.08 Å².